The Labute approximate surface area is 94.6 Å². The van der Waals surface area contributed by atoms with E-state index in [4.69, 9.17) is 0 Å². The number of hydrogen-bond donors (Lipinski definition) is 0. The van der Waals surface area contributed by atoms with E-state index in [2.05, 4.69) is 31.9 Å². The van der Waals surface area contributed by atoms with Crippen molar-refractivity contribution < 1.29 is 17.6 Å². The highest BCUT2D eigenvalue weighted by atomic mass is 79.9. The van der Waals surface area contributed by atoms with Gasteiger partial charge in [0, 0.05) is 4.47 Å². The summed E-state index contributed by atoms with van der Waals surface area (Å²) in [6, 6.07) is 3.16. The predicted molar refractivity (Wildman–Crippen MR) is 51.8 cm³/mol. The summed E-state index contributed by atoms with van der Waals surface area (Å²) in [6.07, 6.45) is -4.42. The Morgan fingerprint density at radius 1 is 1.14 bits per heavy atom. The van der Waals surface area contributed by atoms with E-state index in [0.717, 1.165) is 12.1 Å². The molecule has 1 rings (SSSR count). The first-order valence-corrected chi connectivity index (χ1v) is 5.18. The van der Waals surface area contributed by atoms with Gasteiger partial charge in [-0.25, -0.2) is 4.39 Å². The van der Waals surface area contributed by atoms with Crippen molar-refractivity contribution in [3.8, 4) is 0 Å². The summed E-state index contributed by atoms with van der Waals surface area (Å²) in [6.45, 7) is 0. The minimum atomic E-state index is -4.42. The smallest absolute Gasteiger partial charge is 0.207 e. The fraction of sp³-hybridized carbons (Fsp3) is 0.250. The molecule has 78 valence electrons. The molecule has 0 N–H and O–H groups in total. The van der Waals surface area contributed by atoms with Crippen molar-refractivity contribution in [2.45, 2.75) is 11.0 Å². The second kappa shape index (κ2) is 4.18. The van der Waals surface area contributed by atoms with E-state index in [9.17, 15) is 17.6 Å². The van der Waals surface area contributed by atoms with Crippen LogP contribution in [0.2, 0.25) is 0 Å². The number of hydrogen-bond acceptors (Lipinski definition) is 0. The van der Waals surface area contributed by atoms with Crippen molar-refractivity contribution in [1.82, 2.24) is 0 Å². The van der Waals surface area contributed by atoms with Crippen LogP contribution in [0.3, 0.4) is 0 Å². The van der Waals surface area contributed by atoms with Gasteiger partial charge in [-0.1, -0.05) is 31.9 Å². The molecule has 0 fully saturated rings. The van der Waals surface area contributed by atoms with Crippen molar-refractivity contribution in [3.63, 3.8) is 0 Å². The molecule has 0 nitrogen and oxygen atoms in total. The van der Waals surface area contributed by atoms with Crippen molar-refractivity contribution in [1.29, 1.82) is 0 Å². The number of benzene rings is 1. The lowest BCUT2D eigenvalue weighted by molar-refractivity contribution is -0.128. The van der Waals surface area contributed by atoms with E-state index in [1.165, 1.54) is 6.07 Å². The van der Waals surface area contributed by atoms with E-state index >= 15 is 0 Å². The summed E-state index contributed by atoms with van der Waals surface area (Å²) in [4.78, 5) is -1.85. The van der Waals surface area contributed by atoms with Gasteiger partial charge in [0.2, 0.25) is 0 Å². The molecule has 0 aromatic heterocycles. The highest BCUT2D eigenvalue weighted by molar-refractivity contribution is 9.10. The molecule has 0 saturated carbocycles. The van der Waals surface area contributed by atoms with E-state index in [-0.39, 0.29) is 10.0 Å². The minimum absolute atomic E-state index is 0.163. The lowest BCUT2D eigenvalue weighted by Crippen LogP contribution is -2.15. The highest BCUT2D eigenvalue weighted by Gasteiger charge is 2.39. The molecule has 0 heterocycles. The van der Waals surface area contributed by atoms with Crippen molar-refractivity contribution in [2.24, 2.45) is 0 Å². The zero-order valence-electron chi connectivity index (χ0n) is 6.58. The van der Waals surface area contributed by atoms with Gasteiger partial charge < -0.3 is 0 Å². The Kier molecular flexibility index (Phi) is 3.58. The second-order valence-electron chi connectivity index (χ2n) is 2.61. The molecule has 0 aliphatic carbocycles. The lowest BCUT2D eigenvalue weighted by Gasteiger charge is -2.14. The summed E-state index contributed by atoms with van der Waals surface area (Å²) in [5.74, 6) is -0.705. The summed E-state index contributed by atoms with van der Waals surface area (Å²) >= 11 is 5.38. The first kappa shape index (κ1) is 12.0. The van der Waals surface area contributed by atoms with Crippen molar-refractivity contribution in [3.05, 3.63) is 34.1 Å². The zero-order valence-corrected chi connectivity index (χ0v) is 9.75. The third-order valence-corrected chi connectivity index (χ3v) is 2.97. The van der Waals surface area contributed by atoms with E-state index in [1.54, 1.807) is 0 Å². The van der Waals surface area contributed by atoms with Crippen LogP contribution in [0.25, 0.3) is 0 Å². The van der Waals surface area contributed by atoms with Crippen LogP contribution in [-0.4, -0.2) is 6.18 Å². The molecule has 0 radical (unpaired) electrons. The summed E-state index contributed by atoms with van der Waals surface area (Å²) in [5, 5.41) is 0. The maximum absolute atomic E-state index is 12.8. The molecule has 1 atom stereocenters. The first-order valence-electron chi connectivity index (χ1n) is 3.47. The number of halogens is 6. The topological polar surface area (TPSA) is 0 Å². The van der Waals surface area contributed by atoms with Gasteiger partial charge in [0.15, 0.2) is 0 Å². The predicted octanol–water partition coefficient (Wildman–Crippen LogP) is 4.59. The molecule has 6 heteroatoms. The fourth-order valence-corrected chi connectivity index (χ4v) is 1.66. The van der Waals surface area contributed by atoms with Crippen LogP contribution in [0.15, 0.2) is 22.7 Å². The summed E-state index contributed by atoms with van der Waals surface area (Å²) in [5.41, 5.74) is -0.163. The van der Waals surface area contributed by atoms with Crippen LogP contribution in [-0.2, 0) is 0 Å². The molecule has 0 amide bonds. The molecule has 0 aliphatic heterocycles. The largest absolute Gasteiger partial charge is 0.405 e. The van der Waals surface area contributed by atoms with Gasteiger partial charge in [-0.3, -0.25) is 0 Å². The Morgan fingerprint density at radius 2 is 1.71 bits per heavy atom. The molecular weight excluding hydrogens is 332 g/mol. The van der Waals surface area contributed by atoms with Crippen LogP contribution in [0, 0.1) is 5.82 Å². The summed E-state index contributed by atoms with van der Waals surface area (Å²) in [7, 11) is 0. The van der Waals surface area contributed by atoms with Crippen LogP contribution >= 0.6 is 31.9 Å². The van der Waals surface area contributed by atoms with Crippen LogP contribution in [0.1, 0.15) is 10.4 Å². The van der Waals surface area contributed by atoms with Gasteiger partial charge in [0.1, 0.15) is 10.6 Å². The van der Waals surface area contributed by atoms with Gasteiger partial charge >= 0.3 is 6.18 Å². The molecule has 0 bridgehead atoms. The van der Waals surface area contributed by atoms with Crippen LogP contribution in [0.5, 0.6) is 0 Å². The lowest BCUT2D eigenvalue weighted by atomic mass is 10.1. The van der Waals surface area contributed by atoms with Gasteiger partial charge in [0.05, 0.1) is 0 Å². The number of rotatable bonds is 1. The van der Waals surface area contributed by atoms with E-state index < -0.39 is 16.8 Å². The molecule has 0 spiro atoms. The monoisotopic (exact) mass is 334 g/mol. The van der Waals surface area contributed by atoms with Gasteiger partial charge in [-0.05, 0) is 23.8 Å². The second-order valence-corrected chi connectivity index (χ2v) is 4.44. The van der Waals surface area contributed by atoms with Gasteiger partial charge in [-0.2, -0.15) is 13.2 Å². The zero-order chi connectivity index (χ0) is 10.9. The Balaban J connectivity index is 3.07. The molecule has 0 aliphatic rings. The molecule has 0 saturated heterocycles. The van der Waals surface area contributed by atoms with E-state index in [1.807, 2.05) is 0 Å². The third-order valence-electron chi connectivity index (χ3n) is 1.46. The maximum Gasteiger partial charge on any atom is 0.405 e. The van der Waals surface area contributed by atoms with Crippen molar-refractivity contribution in [2.75, 3.05) is 0 Å². The Morgan fingerprint density at radius 3 is 2.14 bits per heavy atom. The number of alkyl halides is 4. The average Bonchev–Trinajstić information content (AvgIpc) is 1.99. The SMILES string of the molecule is Fc1cc(Br)cc(C(Br)C(F)(F)F)c1. The molecule has 1 aromatic carbocycles. The van der Waals surface area contributed by atoms with Crippen molar-refractivity contribution >= 4 is 31.9 Å². The Hall–Kier alpha value is -0.100. The third kappa shape index (κ3) is 2.95. The molecular formula is C8H4Br2F4. The first-order chi connectivity index (χ1) is 6.30. The Bertz CT molecular complexity index is 314. The normalized spacial score (nSPS) is 14.1. The van der Waals surface area contributed by atoms with Crippen LogP contribution in [0.4, 0.5) is 17.6 Å². The standard InChI is InChI=1S/C8H4Br2F4/c9-5-1-4(2-6(11)3-5)7(10)8(12,13)14/h1-3,7H. The van der Waals surface area contributed by atoms with Gasteiger partial charge in [0.25, 0.3) is 0 Å². The fourth-order valence-electron chi connectivity index (χ4n) is 0.910. The maximum atomic E-state index is 12.8. The molecule has 1 aromatic rings. The quantitative estimate of drug-likeness (QED) is 0.520. The van der Waals surface area contributed by atoms with E-state index in [0.29, 0.717) is 0 Å². The molecule has 1 unspecified atom stereocenters. The highest BCUT2D eigenvalue weighted by Crippen LogP contribution is 2.40. The van der Waals surface area contributed by atoms with Gasteiger partial charge in [-0.15, -0.1) is 0 Å². The summed E-state index contributed by atoms with van der Waals surface area (Å²) < 4.78 is 49.7. The minimum Gasteiger partial charge on any atom is -0.207 e. The average molecular weight is 336 g/mol. The molecule has 14 heavy (non-hydrogen) atoms. The van der Waals surface area contributed by atoms with Crippen LogP contribution < -0.4 is 0 Å².